The van der Waals surface area contributed by atoms with Crippen molar-refractivity contribution in [3.63, 3.8) is 0 Å². The molecule has 0 amide bonds. The lowest BCUT2D eigenvalue weighted by molar-refractivity contribution is -0.0951. The lowest BCUT2D eigenvalue weighted by atomic mass is 10.1. The van der Waals surface area contributed by atoms with E-state index in [2.05, 4.69) is 21.9 Å². The highest BCUT2D eigenvalue weighted by molar-refractivity contribution is 7.99. The van der Waals surface area contributed by atoms with Crippen molar-refractivity contribution >= 4 is 23.7 Å². The molecule has 0 saturated heterocycles. The second-order valence-corrected chi connectivity index (χ2v) is 8.16. The fourth-order valence-electron chi connectivity index (χ4n) is 2.80. The summed E-state index contributed by atoms with van der Waals surface area (Å²) in [6.45, 7) is 5.33. The monoisotopic (exact) mass is 423 g/mol. The third-order valence-corrected chi connectivity index (χ3v) is 5.10. The number of alkyl halides is 3. The zero-order valence-corrected chi connectivity index (χ0v) is 17.1. The molecule has 3 rings (SSSR count). The van der Waals surface area contributed by atoms with E-state index < -0.39 is 17.5 Å². The summed E-state index contributed by atoms with van der Waals surface area (Å²) in [6, 6.07) is 7.43. The molecule has 0 saturated carbocycles. The highest BCUT2D eigenvalue weighted by atomic mass is 32.2. The van der Waals surface area contributed by atoms with Gasteiger partial charge in [0.2, 0.25) is 0 Å². The molecule has 29 heavy (non-hydrogen) atoms. The Morgan fingerprint density at radius 3 is 2.62 bits per heavy atom. The van der Waals surface area contributed by atoms with Crippen molar-refractivity contribution in [2.24, 2.45) is 7.05 Å². The summed E-state index contributed by atoms with van der Waals surface area (Å²) in [6.07, 6.45) is -3.52. The van der Waals surface area contributed by atoms with Gasteiger partial charge in [0.1, 0.15) is 29.0 Å². The summed E-state index contributed by atoms with van der Waals surface area (Å²) < 4.78 is 46.4. The van der Waals surface area contributed by atoms with Gasteiger partial charge in [-0.2, -0.15) is 18.4 Å². The van der Waals surface area contributed by atoms with Gasteiger partial charge in [0, 0.05) is 17.5 Å². The number of ether oxygens (including phenoxy) is 1. The zero-order chi connectivity index (χ0) is 21.4. The van der Waals surface area contributed by atoms with Crippen LogP contribution in [-0.4, -0.2) is 27.1 Å². The van der Waals surface area contributed by atoms with Crippen molar-refractivity contribution in [2.45, 2.75) is 37.4 Å². The molecular formula is C19H20F3N5OS. The zero-order valence-electron chi connectivity index (χ0n) is 16.3. The van der Waals surface area contributed by atoms with Gasteiger partial charge in [-0.05, 0) is 43.9 Å². The molecular weight excluding hydrogens is 403 g/mol. The number of hydrazine groups is 1. The normalized spacial score (nSPS) is 13.7. The molecule has 0 unspecified atom stereocenters. The summed E-state index contributed by atoms with van der Waals surface area (Å²) in [7, 11) is 1.73. The Kier molecular flexibility index (Phi) is 5.45. The van der Waals surface area contributed by atoms with Crippen LogP contribution in [0.1, 0.15) is 26.5 Å². The summed E-state index contributed by atoms with van der Waals surface area (Å²) in [5.41, 5.74) is 3.83. The molecule has 1 aliphatic rings. The molecule has 0 aliphatic carbocycles. The molecule has 1 aliphatic heterocycles. The first-order chi connectivity index (χ1) is 13.6. The number of rotatable bonds is 5. The average Bonchev–Trinajstić information content (AvgIpc) is 2.97. The van der Waals surface area contributed by atoms with Crippen LogP contribution in [0.5, 0.6) is 5.75 Å². The van der Waals surface area contributed by atoms with Crippen LogP contribution in [0.15, 0.2) is 28.8 Å². The van der Waals surface area contributed by atoms with Crippen LogP contribution in [0.2, 0.25) is 0 Å². The van der Waals surface area contributed by atoms with Crippen molar-refractivity contribution in [3.05, 3.63) is 29.6 Å². The third-order valence-electron chi connectivity index (χ3n) is 4.16. The van der Waals surface area contributed by atoms with Gasteiger partial charge in [-0.15, -0.1) is 11.8 Å². The molecule has 0 radical (unpaired) electrons. The van der Waals surface area contributed by atoms with Crippen molar-refractivity contribution < 1.29 is 17.9 Å². The highest BCUT2D eigenvalue weighted by Crippen LogP contribution is 2.38. The molecule has 6 nitrogen and oxygen atoms in total. The quantitative estimate of drug-likeness (QED) is 0.679. The Bertz CT molecular complexity index is 1000. The molecule has 10 heteroatoms. The first-order valence-corrected chi connectivity index (χ1v) is 9.79. The van der Waals surface area contributed by atoms with E-state index in [1.54, 1.807) is 49.4 Å². The van der Waals surface area contributed by atoms with Crippen LogP contribution < -0.4 is 15.6 Å². The Morgan fingerprint density at radius 1 is 1.28 bits per heavy atom. The largest absolute Gasteiger partial charge is 0.473 e. The highest BCUT2D eigenvalue weighted by Gasteiger charge is 2.37. The molecule has 0 atom stereocenters. The van der Waals surface area contributed by atoms with Gasteiger partial charge >= 0.3 is 6.18 Å². The fourth-order valence-corrected chi connectivity index (χ4v) is 3.63. The van der Waals surface area contributed by atoms with E-state index in [0.717, 1.165) is 22.3 Å². The number of fused-ring (bicyclic) bond motifs is 1. The van der Waals surface area contributed by atoms with Gasteiger partial charge in [0.25, 0.3) is 0 Å². The van der Waals surface area contributed by atoms with Crippen molar-refractivity contribution in [3.8, 4) is 23.2 Å². The van der Waals surface area contributed by atoms with E-state index in [0.29, 0.717) is 17.4 Å². The number of hydrogen-bond donors (Lipinski definition) is 2. The lowest BCUT2D eigenvalue weighted by Gasteiger charge is -2.20. The van der Waals surface area contributed by atoms with Gasteiger partial charge in [-0.25, -0.2) is 4.98 Å². The molecule has 2 heterocycles. The Hall–Kier alpha value is -2.80. The van der Waals surface area contributed by atoms with Crippen LogP contribution in [0.4, 0.5) is 19.0 Å². The second-order valence-electron chi connectivity index (χ2n) is 6.85. The van der Waals surface area contributed by atoms with Crippen LogP contribution in [0.25, 0.3) is 17.5 Å². The van der Waals surface area contributed by atoms with Gasteiger partial charge in [0.15, 0.2) is 11.4 Å². The first-order valence-electron chi connectivity index (χ1n) is 8.81. The first kappa shape index (κ1) is 20.9. The fraction of sp³-hybridized carbons (Fsp3) is 0.368. The number of nitrogens with one attached hydrogen (secondary N) is 2. The van der Waals surface area contributed by atoms with E-state index in [1.807, 2.05) is 13.0 Å². The average molecular weight is 423 g/mol. The van der Waals surface area contributed by atoms with Crippen LogP contribution in [0, 0.1) is 11.3 Å². The predicted octanol–water partition coefficient (Wildman–Crippen LogP) is 4.71. The minimum Gasteiger partial charge on any atom is -0.473 e. The lowest BCUT2D eigenvalue weighted by Crippen LogP contribution is -2.33. The standard InChI is InChI=1S/C19H20F3N5OS/c1-5-29-14-8-11(28-18(2,3)10-23)6-7-12(14)16-24-13-9-15(19(20,21)22)25-26-17(13)27(16)4/h6-9,25-26H,5H2,1-4H3. The van der Waals surface area contributed by atoms with E-state index in [4.69, 9.17) is 4.74 Å². The number of halogens is 3. The number of nitriles is 1. The van der Waals surface area contributed by atoms with Crippen molar-refractivity contribution in [2.75, 3.05) is 11.2 Å². The van der Waals surface area contributed by atoms with Gasteiger partial charge in [-0.3, -0.25) is 10.9 Å². The second kappa shape index (κ2) is 7.55. The molecule has 0 fully saturated rings. The maximum atomic E-state index is 13.0. The summed E-state index contributed by atoms with van der Waals surface area (Å²) in [4.78, 5) is 5.28. The number of imidazole rings is 1. The van der Waals surface area contributed by atoms with Crippen molar-refractivity contribution in [1.29, 1.82) is 5.26 Å². The van der Waals surface area contributed by atoms with Gasteiger partial charge in [0.05, 0.1) is 0 Å². The van der Waals surface area contributed by atoms with Crippen LogP contribution >= 0.6 is 11.8 Å². The molecule has 2 aromatic rings. The van der Waals surface area contributed by atoms with E-state index in [1.165, 1.54) is 0 Å². The number of thioether (sulfide) groups is 1. The predicted molar refractivity (Wildman–Crippen MR) is 106 cm³/mol. The minimum absolute atomic E-state index is 0.201. The number of hydrogen-bond acceptors (Lipinski definition) is 6. The molecule has 2 N–H and O–H groups in total. The summed E-state index contributed by atoms with van der Waals surface area (Å²) >= 11 is 1.56. The smallest absolute Gasteiger partial charge is 0.432 e. The van der Waals surface area contributed by atoms with Crippen LogP contribution in [-0.2, 0) is 7.05 Å². The number of allylic oxidation sites excluding steroid dienone is 1. The minimum atomic E-state index is -4.50. The van der Waals surface area contributed by atoms with E-state index in [9.17, 15) is 18.4 Å². The Morgan fingerprint density at radius 2 is 2.00 bits per heavy atom. The number of nitrogens with zero attached hydrogens (tertiary/aromatic N) is 3. The topological polar surface area (TPSA) is 74.9 Å². The molecule has 0 spiro atoms. The summed E-state index contributed by atoms with van der Waals surface area (Å²) in [5, 5.41) is 9.18. The molecule has 154 valence electrons. The SMILES string of the molecule is CCSc1cc(OC(C)(C)C#N)ccc1-c1nc2c(n1C)NNC(C(F)(F)F)=C2. The Balaban J connectivity index is 2.05. The summed E-state index contributed by atoms with van der Waals surface area (Å²) in [5.74, 6) is 2.27. The third kappa shape index (κ3) is 4.29. The maximum absolute atomic E-state index is 13.0. The van der Waals surface area contributed by atoms with Gasteiger partial charge < -0.3 is 9.30 Å². The molecule has 1 aromatic carbocycles. The number of benzene rings is 1. The maximum Gasteiger partial charge on any atom is 0.432 e. The number of aromatic nitrogens is 2. The van der Waals surface area contributed by atoms with Crippen molar-refractivity contribution in [1.82, 2.24) is 15.0 Å². The molecule has 0 bridgehead atoms. The molecule has 1 aromatic heterocycles. The van der Waals surface area contributed by atoms with E-state index >= 15 is 0 Å². The Labute approximate surface area is 170 Å². The van der Waals surface area contributed by atoms with Crippen LogP contribution in [0.3, 0.4) is 0 Å². The van der Waals surface area contributed by atoms with Gasteiger partial charge in [-0.1, -0.05) is 6.92 Å². The van der Waals surface area contributed by atoms with E-state index in [-0.39, 0.29) is 5.69 Å². The number of anilines is 1.